The fourth-order valence-electron chi connectivity index (χ4n) is 1.58. The van der Waals surface area contributed by atoms with E-state index in [0.717, 1.165) is 10.6 Å². The molecule has 0 bridgehead atoms. The van der Waals surface area contributed by atoms with Gasteiger partial charge in [0.15, 0.2) is 4.96 Å². The molecule has 6 heteroatoms. The highest BCUT2D eigenvalue weighted by Gasteiger charge is 2.16. The summed E-state index contributed by atoms with van der Waals surface area (Å²) < 4.78 is 6.60. The van der Waals surface area contributed by atoms with Crippen LogP contribution in [0.3, 0.4) is 0 Å². The molecule has 2 rings (SSSR count). The monoisotopic (exact) mass is 252 g/mol. The SMILES string of the molecule is CCOC(=O)c1cc(=O)nc2sc(C)c(C)n12. The van der Waals surface area contributed by atoms with Crippen molar-refractivity contribution in [1.82, 2.24) is 9.38 Å². The molecule has 0 aromatic carbocycles. The molecule has 0 radical (unpaired) electrons. The van der Waals surface area contributed by atoms with Crippen LogP contribution in [0, 0.1) is 13.8 Å². The minimum atomic E-state index is -0.497. The Hall–Kier alpha value is -1.69. The zero-order valence-electron chi connectivity index (χ0n) is 9.81. The van der Waals surface area contributed by atoms with Crippen LogP contribution in [-0.2, 0) is 4.74 Å². The van der Waals surface area contributed by atoms with Gasteiger partial charge in [-0.2, -0.15) is 4.98 Å². The lowest BCUT2D eigenvalue weighted by molar-refractivity contribution is 0.0517. The molecule has 0 aliphatic heterocycles. The van der Waals surface area contributed by atoms with E-state index in [-0.39, 0.29) is 12.3 Å². The molecule has 0 atom stereocenters. The molecule has 17 heavy (non-hydrogen) atoms. The van der Waals surface area contributed by atoms with Crippen molar-refractivity contribution in [2.75, 3.05) is 6.61 Å². The Morgan fingerprint density at radius 1 is 1.53 bits per heavy atom. The number of carbonyl (C=O) groups is 1. The van der Waals surface area contributed by atoms with Crippen molar-refractivity contribution in [1.29, 1.82) is 0 Å². The summed E-state index contributed by atoms with van der Waals surface area (Å²) in [5.41, 5.74) is 0.721. The van der Waals surface area contributed by atoms with Crippen LogP contribution in [0.5, 0.6) is 0 Å². The summed E-state index contributed by atoms with van der Waals surface area (Å²) in [5, 5.41) is 0. The Labute approximate surface area is 102 Å². The molecule has 5 nitrogen and oxygen atoms in total. The lowest BCUT2D eigenvalue weighted by Crippen LogP contribution is -2.17. The van der Waals surface area contributed by atoms with E-state index in [9.17, 15) is 9.59 Å². The van der Waals surface area contributed by atoms with E-state index in [2.05, 4.69) is 4.98 Å². The Balaban J connectivity index is 2.76. The Morgan fingerprint density at radius 3 is 2.88 bits per heavy atom. The van der Waals surface area contributed by atoms with E-state index in [1.54, 1.807) is 11.3 Å². The summed E-state index contributed by atoms with van der Waals surface area (Å²) in [6, 6.07) is 1.21. The molecule has 0 aliphatic carbocycles. The van der Waals surface area contributed by atoms with E-state index in [1.807, 2.05) is 13.8 Å². The summed E-state index contributed by atoms with van der Waals surface area (Å²) in [7, 11) is 0. The minimum Gasteiger partial charge on any atom is -0.461 e. The Bertz CT molecular complexity index is 642. The highest BCUT2D eigenvalue weighted by molar-refractivity contribution is 7.17. The number of esters is 1. The van der Waals surface area contributed by atoms with Gasteiger partial charge >= 0.3 is 5.97 Å². The van der Waals surface area contributed by atoms with Gasteiger partial charge in [-0.3, -0.25) is 9.20 Å². The van der Waals surface area contributed by atoms with Crippen molar-refractivity contribution >= 4 is 22.3 Å². The number of carbonyl (C=O) groups excluding carboxylic acids is 1. The van der Waals surface area contributed by atoms with Crippen LogP contribution in [0.2, 0.25) is 0 Å². The van der Waals surface area contributed by atoms with Crippen LogP contribution in [0.1, 0.15) is 28.0 Å². The van der Waals surface area contributed by atoms with Crippen molar-refractivity contribution in [2.24, 2.45) is 0 Å². The van der Waals surface area contributed by atoms with Crippen LogP contribution in [0.15, 0.2) is 10.9 Å². The third-order valence-corrected chi connectivity index (χ3v) is 3.53. The summed E-state index contributed by atoms with van der Waals surface area (Å²) >= 11 is 1.39. The zero-order chi connectivity index (χ0) is 12.6. The van der Waals surface area contributed by atoms with Crippen LogP contribution >= 0.6 is 11.3 Å². The van der Waals surface area contributed by atoms with E-state index in [1.165, 1.54) is 17.4 Å². The number of thiazole rings is 1. The molecule has 2 heterocycles. The van der Waals surface area contributed by atoms with Crippen LogP contribution in [0.25, 0.3) is 4.96 Å². The van der Waals surface area contributed by atoms with Crippen LogP contribution in [0.4, 0.5) is 0 Å². The molecule has 2 aromatic rings. The van der Waals surface area contributed by atoms with Crippen molar-refractivity contribution in [3.63, 3.8) is 0 Å². The average molecular weight is 252 g/mol. The Kier molecular flexibility index (Phi) is 2.97. The first kappa shape index (κ1) is 11.8. The highest BCUT2D eigenvalue weighted by atomic mass is 32.1. The van der Waals surface area contributed by atoms with Gasteiger partial charge in [0.2, 0.25) is 0 Å². The van der Waals surface area contributed by atoms with Gasteiger partial charge in [0.1, 0.15) is 5.69 Å². The van der Waals surface area contributed by atoms with E-state index < -0.39 is 11.5 Å². The first-order valence-electron chi connectivity index (χ1n) is 5.21. The molecule has 0 unspecified atom stereocenters. The van der Waals surface area contributed by atoms with E-state index in [4.69, 9.17) is 4.74 Å². The van der Waals surface area contributed by atoms with Gasteiger partial charge < -0.3 is 4.74 Å². The number of ether oxygens (including phenoxy) is 1. The van der Waals surface area contributed by atoms with Gasteiger partial charge in [0.25, 0.3) is 5.56 Å². The molecule has 0 aliphatic rings. The second-order valence-corrected chi connectivity index (χ2v) is 4.74. The smallest absolute Gasteiger partial charge is 0.355 e. The molecule has 2 aromatic heterocycles. The van der Waals surface area contributed by atoms with Gasteiger partial charge in [-0.05, 0) is 20.8 Å². The maximum absolute atomic E-state index is 11.8. The number of aryl methyl sites for hydroxylation is 2. The summed E-state index contributed by atoms with van der Waals surface area (Å²) in [6.07, 6.45) is 0. The predicted octanol–water partition coefficient (Wildman–Crippen LogP) is 1.55. The summed E-state index contributed by atoms with van der Waals surface area (Å²) in [4.78, 5) is 28.6. The molecular formula is C11H12N2O3S. The van der Waals surface area contributed by atoms with E-state index in [0.29, 0.717) is 4.96 Å². The molecule has 0 fully saturated rings. The third kappa shape index (κ3) is 1.95. The number of rotatable bonds is 2. The van der Waals surface area contributed by atoms with Crippen molar-refractivity contribution < 1.29 is 9.53 Å². The number of nitrogens with zero attached hydrogens (tertiary/aromatic N) is 2. The van der Waals surface area contributed by atoms with Gasteiger partial charge in [-0.1, -0.05) is 0 Å². The van der Waals surface area contributed by atoms with Crippen LogP contribution < -0.4 is 5.56 Å². The summed E-state index contributed by atoms with van der Waals surface area (Å²) in [6.45, 7) is 5.81. The lowest BCUT2D eigenvalue weighted by Gasteiger charge is -2.05. The molecule has 90 valence electrons. The first-order chi connectivity index (χ1) is 8.04. The van der Waals surface area contributed by atoms with Gasteiger partial charge in [0, 0.05) is 16.6 Å². The first-order valence-corrected chi connectivity index (χ1v) is 6.03. The Morgan fingerprint density at radius 2 is 2.24 bits per heavy atom. The minimum absolute atomic E-state index is 0.240. The van der Waals surface area contributed by atoms with Gasteiger partial charge in [-0.15, -0.1) is 11.3 Å². The van der Waals surface area contributed by atoms with Crippen molar-refractivity contribution in [2.45, 2.75) is 20.8 Å². The average Bonchev–Trinajstić information content (AvgIpc) is 2.54. The van der Waals surface area contributed by atoms with Crippen molar-refractivity contribution in [3.05, 3.63) is 32.7 Å². The zero-order valence-corrected chi connectivity index (χ0v) is 10.6. The number of fused-ring (bicyclic) bond motifs is 1. The number of aromatic nitrogens is 2. The van der Waals surface area contributed by atoms with E-state index >= 15 is 0 Å². The quantitative estimate of drug-likeness (QED) is 0.761. The largest absolute Gasteiger partial charge is 0.461 e. The standard InChI is InChI=1S/C11H12N2O3S/c1-4-16-10(15)8-5-9(14)12-11-13(8)6(2)7(3)17-11/h5H,4H2,1-3H3. The molecule has 0 amide bonds. The lowest BCUT2D eigenvalue weighted by atomic mass is 10.3. The van der Waals surface area contributed by atoms with Crippen LogP contribution in [-0.4, -0.2) is 22.0 Å². The highest BCUT2D eigenvalue weighted by Crippen LogP contribution is 2.21. The fourth-order valence-corrected chi connectivity index (χ4v) is 2.55. The summed E-state index contributed by atoms with van der Waals surface area (Å²) in [5.74, 6) is -0.497. The third-order valence-electron chi connectivity index (χ3n) is 2.47. The predicted molar refractivity (Wildman–Crippen MR) is 64.8 cm³/mol. The topological polar surface area (TPSA) is 60.7 Å². The maximum Gasteiger partial charge on any atom is 0.355 e. The fraction of sp³-hybridized carbons (Fsp3) is 0.364. The normalized spacial score (nSPS) is 10.8. The second-order valence-electron chi connectivity index (χ2n) is 3.56. The number of hydrogen-bond donors (Lipinski definition) is 0. The van der Waals surface area contributed by atoms with Gasteiger partial charge in [0.05, 0.1) is 6.61 Å². The molecular weight excluding hydrogens is 240 g/mol. The number of hydrogen-bond acceptors (Lipinski definition) is 5. The van der Waals surface area contributed by atoms with Gasteiger partial charge in [-0.25, -0.2) is 4.79 Å². The second kappa shape index (κ2) is 4.29. The van der Waals surface area contributed by atoms with Crippen molar-refractivity contribution in [3.8, 4) is 0 Å². The molecule has 0 saturated heterocycles. The molecule has 0 spiro atoms. The molecule has 0 N–H and O–H groups in total. The maximum atomic E-state index is 11.8. The molecule has 0 saturated carbocycles.